The second kappa shape index (κ2) is 4.26. The maximum absolute atomic E-state index is 10.4. The number of hydrogen-bond acceptors (Lipinski definition) is 1. The molecule has 1 aliphatic rings. The fourth-order valence-corrected chi connectivity index (χ4v) is 1.57. The van der Waals surface area contributed by atoms with Crippen molar-refractivity contribution < 1.29 is 9.90 Å². The summed E-state index contributed by atoms with van der Waals surface area (Å²) >= 11 is 0. The molecule has 0 radical (unpaired) electrons. The number of rotatable bonds is 3. The maximum Gasteiger partial charge on any atom is 0.303 e. The van der Waals surface area contributed by atoms with Crippen molar-refractivity contribution >= 4 is 5.97 Å². The van der Waals surface area contributed by atoms with Gasteiger partial charge in [0.25, 0.3) is 0 Å². The summed E-state index contributed by atoms with van der Waals surface area (Å²) in [7, 11) is 0. The first-order valence-electron chi connectivity index (χ1n) is 4.67. The lowest BCUT2D eigenvalue weighted by atomic mass is 9.91. The van der Waals surface area contributed by atoms with Crippen LogP contribution in [-0.4, -0.2) is 11.1 Å². The Kier molecular flexibility index (Phi) is 3.29. The summed E-state index contributed by atoms with van der Waals surface area (Å²) in [5, 5.41) is 8.55. The van der Waals surface area contributed by atoms with Gasteiger partial charge in [-0.1, -0.05) is 17.2 Å². The van der Waals surface area contributed by atoms with E-state index in [1.807, 2.05) is 0 Å². The molecule has 1 aliphatic carbocycles. The Morgan fingerprint density at radius 3 is 2.77 bits per heavy atom. The fourth-order valence-electron chi connectivity index (χ4n) is 1.57. The average Bonchev–Trinajstić information content (AvgIpc) is 2.06. The van der Waals surface area contributed by atoms with Crippen LogP contribution >= 0.6 is 0 Å². The zero-order chi connectivity index (χ0) is 9.84. The number of carbonyl (C=O) groups is 1. The summed E-state index contributed by atoms with van der Waals surface area (Å²) in [6.45, 7) is 4.20. The highest BCUT2D eigenvalue weighted by Crippen LogP contribution is 2.25. The summed E-state index contributed by atoms with van der Waals surface area (Å²) in [5.41, 5.74) is 3.95. The van der Waals surface area contributed by atoms with Gasteiger partial charge in [0, 0.05) is 6.42 Å². The van der Waals surface area contributed by atoms with E-state index in [1.54, 1.807) is 0 Å². The molecule has 72 valence electrons. The molecular weight excluding hydrogens is 164 g/mol. The number of carboxylic acids is 1. The number of aliphatic carboxylic acids is 1. The minimum atomic E-state index is -0.711. The van der Waals surface area contributed by atoms with Gasteiger partial charge in [0.2, 0.25) is 0 Å². The third kappa shape index (κ3) is 3.05. The maximum atomic E-state index is 10.4. The lowest BCUT2D eigenvalue weighted by Crippen LogP contribution is -2.00. The Labute approximate surface area is 79.0 Å². The monoisotopic (exact) mass is 180 g/mol. The van der Waals surface area contributed by atoms with Crippen LogP contribution in [0.5, 0.6) is 0 Å². The van der Waals surface area contributed by atoms with Gasteiger partial charge < -0.3 is 5.11 Å². The summed E-state index contributed by atoms with van der Waals surface area (Å²) < 4.78 is 0. The van der Waals surface area contributed by atoms with Crippen LogP contribution in [0.1, 0.15) is 39.5 Å². The van der Waals surface area contributed by atoms with E-state index in [1.165, 1.54) is 16.7 Å². The molecule has 1 rings (SSSR count). The average molecular weight is 180 g/mol. The molecule has 0 atom stereocenters. The SMILES string of the molecule is CC1=CC(CCC(=O)O)=C(C)CC1. The van der Waals surface area contributed by atoms with Crippen molar-refractivity contribution in [3.05, 3.63) is 22.8 Å². The normalized spacial score (nSPS) is 17.2. The van der Waals surface area contributed by atoms with Gasteiger partial charge in [-0.2, -0.15) is 0 Å². The highest BCUT2D eigenvalue weighted by molar-refractivity contribution is 5.67. The topological polar surface area (TPSA) is 37.3 Å². The number of hydrogen-bond donors (Lipinski definition) is 1. The Morgan fingerprint density at radius 1 is 1.46 bits per heavy atom. The van der Waals surface area contributed by atoms with Gasteiger partial charge in [0.05, 0.1) is 0 Å². The molecule has 0 aromatic rings. The summed E-state index contributed by atoms with van der Waals surface area (Å²) in [6.07, 6.45) is 5.29. The first-order valence-corrected chi connectivity index (χ1v) is 4.67. The van der Waals surface area contributed by atoms with Crippen molar-refractivity contribution in [3.63, 3.8) is 0 Å². The minimum absolute atomic E-state index is 0.246. The molecule has 0 saturated heterocycles. The van der Waals surface area contributed by atoms with E-state index in [2.05, 4.69) is 19.9 Å². The van der Waals surface area contributed by atoms with Gasteiger partial charge in [0.15, 0.2) is 0 Å². The third-order valence-electron chi connectivity index (χ3n) is 2.47. The van der Waals surface area contributed by atoms with Crippen molar-refractivity contribution in [2.75, 3.05) is 0 Å². The lowest BCUT2D eigenvalue weighted by molar-refractivity contribution is -0.136. The molecule has 13 heavy (non-hydrogen) atoms. The molecule has 0 aromatic carbocycles. The molecule has 0 heterocycles. The standard InChI is InChI=1S/C11H16O2/c1-8-3-4-9(2)10(7-8)5-6-11(12)13/h7H,3-6H2,1-2H3,(H,12,13). The predicted molar refractivity (Wildman–Crippen MR) is 52.6 cm³/mol. The first kappa shape index (κ1) is 10.0. The van der Waals surface area contributed by atoms with Gasteiger partial charge in [-0.3, -0.25) is 4.79 Å². The molecule has 0 saturated carbocycles. The highest BCUT2D eigenvalue weighted by Gasteiger charge is 2.08. The van der Waals surface area contributed by atoms with E-state index < -0.39 is 5.97 Å². The molecule has 0 aliphatic heterocycles. The van der Waals surface area contributed by atoms with Gasteiger partial charge in [-0.05, 0) is 38.7 Å². The predicted octanol–water partition coefficient (Wildman–Crippen LogP) is 2.91. The van der Waals surface area contributed by atoms with E-state index in [0.29, 0.717) is 6.42 Å². The number of allylic oxidation sites excluding steroid dienone is 4. The molecule has 0 amide bonds. The quantitative estimate of drug-likeness (QED) is 0.725. The van der Waals surface area contributed by atoms with Crippen LogP contribution in [-0.2, 0) is 4.79 Å². The lowest BCUT2D eigenvalue weighted by Gasteiger charge is -2.14. The van der Waals surface area contributed by atoms with E-state index >= 15 is 0 Å². The Bertz CT molecular complexity index is 272. The van der Waals surface area contributed by atoms with E-state index in [9.17, 15) is 4.79 Å². The van der Waals surface area contributed by atoms with Crippen molar-refractivity contribution in [2.45, 2.75) is 39.5 Å². The van der Waals surface area contributed by atoms with Crippen LogP contribution in [0, 0.1) is 0 Å². The Morgan fingerprint density at radius 2 is 2.15 bits per heavy atom. The summed E-state index contributed by atoms with van der Waals surface area (Å²) in [4.78, 5) is 10.4. The van der Waals surface area contributed by atoms with Crippen LogP contribution in [0.2, 0.25) is 0 Å². The van der Waals surface area contributed by atoms with Gasteiger partial charge in [-0.15, -0.1) is 0 Å². The summed E-state index contributed by atoms with van der Waals surface area (Å²) in [6, 6.07) is 0. The van der Waals surface area contributed by atoms with Crippen LogP contribution in [0.3, 0.4) is 0 Å². The highest BCUT2D eigenvalue weighted by atomic mass is 16.4. The zero-order valence-electron chi connectivity index (χ0n) is 8.26. The van der Waals surface area contributed by atoms with Crippen LogP contribution in [0.25, 0.3) is 0 Å². The second-order valence-electron chi connectivity index (χ2n) is 3.69. The molecule has 2 heteroatoms. The summed E-state index contributed by atoms with van der Waals surface area (Å²) in [5.74, 6) is -0.711. The smallest absolute Gasteiger partial charge is 0.303 e. The fraction of sp³-hybridized carbons (Fsp3) is 0.545. The van der Waals surface area contributed by atoms with Gasteiger partial charge in [0.1, 0.15) is 0 Å². The number of carboxylic acid groups (broad SMARTS) is 1. The van der Waals surface area contributed by atoms with Crippen molar-refractivity contribution in [1.82, 2.24) is 0 Å². The van der Waals surface area contributed by atoms with Crippen LogP contribution in [0.4, 0.5) is 0 Å². The van der Waals surface area contributed by atoms with Crippen molar-refractivity contribution in [3.8, 4) is 0 Å². The van der Waals surface area contributed by atoms with E-state index in [0.717, 1.165) is 12.8 Å². The minimum Gasteiger partial charge on any atom is -0.481 e. The Hall–Kier alpha value is -1.05. The molecule has 0 fully saturated rings. The molecule has 0 unspecified atom stereocenters. The molecule has 0 bridgehead atoms. The molecule has 1 N–H and O–H groups in total. The van der Waals surface area contributed by atoms with E-state index in [-0.39, 0.29) is 6.42 Å². The largest absolute Gasteiger partial charge is 0.481 e. The third-order valence-corrected chi connectivity index (χ3v) is 2.47. The first-order chi connectivity index (χ1) is 6.09. The Balaban J connectivity index is 2.61. The zero-order valence-corrected chi connectivity index (χ0v) is 8.26. The molecule has 0 spiro atoms. The van der Waals surface area contributed by atoms with E-state index in [4.69, 9.17) is 5.11 Å². The molecule has 0 aromatic heterocycles. The van der Waals surface area contributed by atoms with Crippen molar-refractivity contribution in [1.29, 1.82) is 0 Å². The van der Waals surface area contributed by atoms with Crippen LogP contribution in [0.15, 0.2) is 22.8 Å². The van der Waals surface area contributed by atoms with Gasteiger partial charge in [-0.25, -0.2) is 0 Å². The van der Waals surface area contributed by atoms with Crippen molar-refractivity contribution in [2.24, 2.45) is 0 Å². The second-order valence-corrected chi connectivity index (χ2v) is 3.69. The molecule has 2 nitrogen and oxygen atoms in total. The van der Waals surface area contributed by atoms with Gasteiger partial charge >= 0.3 is 5.97 Å². The molecular formula is C11H16O2. The van der Waals surface area contributed by atoms with Crippen LogP contribution < -0.4 is 0 Å².